The number of nitrogens with zero attached hydrogens (tertiary/aromatic N) is 2. The van der Waals surface area contributed by atoms with E-state index in [1.54, 1.807) is 6.07 Å². The van der Waals surface area contributed by atoms with E-state index in [9.17, 15) is 9.18 Å². The van der Waals surface area contributed by atoms with Gasteiger partial charge in [0.2, 0.25) is 5.95 Å². The number of piperidine rings is 1. The van der Waals surface area contributed by atoms with Crippen LogP contribution >= 0.6 is 0 Å². The second-order valence-corrected chi connectivity index (χ2v) is 4.26. The Hall–Kier alpha value is -1.29. The molecule has 1 aromatic rings. The van der Waals surface area contributed by atoms with Crippen LogP contribution in [0, 0.1) is 5.95 Å². The Morgan fingerprint density at radius 1 is 1.56 bits per heavy atom. The van der Waals surface area contributed by atoms with Crippen LogP contribution in [0.2, 0.25) is 0 Å². The Kier molecular flexibility index (Phi) is 3.29. The van der Waals surface area contributed by atoms with Gasteiger partial charge in [0.25, 0.3) is 0 Å². The van der Waals surface area contributed by atoms with Crippen molar-refractivity contribution >= 4 is 6.29 Å². The summed E-state index contributed by atoms with van der Waals surface area (Å²) in [5, 5.41) is 0. The van der Waals surface area contributed by atoms with Crippen LogP contribution in [0.3, 0.4) is 0 Å². The number of aromatic nitrogens is 1. The van der Waals surface area contributed by atoms with Gasteiger partial charge in [-0.25, -0.2) is 4.98 Å². The number of likely N-dealkylation sites (tertiary alicyclic amines) is 1. The van der Waals surface area contributed by atoms with Crippen LogP contribution in [0.5, 0.6) is 0 Å². The largest absolute Gasteiger partial charge is 0.299 e. The molecule has 0 N–H and O–H groups in total. The quantitative estimate of drug-likeness (QED) is 0.568. The van der Waals surface area contributed by atoms with Gasteiger partial charge < -0.3 is 0 Å². The van der Waals surface area contributed by atoms with E-state index in [2.05, 4.69) is 9.88 Å². The molecular weight excluding hydrogens is 207 g/mol. The van der Waals surface area contributed by atoms with Crippen molar-refractivity contribution < 1.29 is 9.18 Å². The molecule has 0 aliphatic carbocycles. The molecule has 1 aliphatic rings. The predicted octanol–water partition coefficient (Wildman–Crippen LogP) is 2.19. The molecule has 1 aliphatic heterocycles. The normalized spacial score (nSPS) is 22.0. The lowest BCUT2D eigenvalue weighted by atomic mass is 9.96. The van der Waals surface area contributed by atoms with Gasteiger partial charge in [-0.3, -0.25) is 9.69 Å². The van der Waals surface area contributed by atoms with Crippen molar-refractivity contribution in [1.82, 2.24) is 9.88 Å². The zero-order valence-corrected chi connectivity index (χ0v) is 9.32. The van der Waals surface area contributed by atoms with Gasteiger partial charge in [0.05, 0.1) is 0 Å². The van der Waals surface area contributed by atoms with Crippen LogP contribution in [0.4, 0.5) is 4.39 Å². The van der Waals surface area contributed by atoms with Crippen LogP contribution in [-0.4, -0.2) is 29.8 Å². The van der Waals surface area contributed by atoms with E-state index in [1.165, 1.54) is 6.20 Å². The molecule has 0 radical (unpaired) electrons. The Morgan fingerprint density at radius 3 is 3.06 bits per heavy atom. The molecule has 1 fully saturated rings. The van der Waals surface area contributed by atoms with Crippen molar-refractivity contribution in [2.45, 2.75) is 25.3 Å². The van der Waals surface area contributed by atoms with Crippen molar-refractivity contribution in [3.8, 4) is 0 Å². The maximum atomic E-state index is 13.6. The predicted molar refractivity (Wildman–Crippen MR) is 58.8 cm³/mol. The lowest BCUT2D eigenvalue weighted by Gasteiger charge is -2.32. The monoisotopic (exact) mass is 222 g/mol. The molecule has 86 valence electrons. The molecular formula is C12H15FN2O. The van der Waals surface area contributed by atoms with Gasteiger partial charge >= 0.3 is 0 Å². The molecule has 0 amide bonds. The molecule has 0 aromatic carbocycles. The number of pyridine rings is 1. The van der Waals surface area contributed by atoms with Gasteiger partial charge in [-0.05, 0) is 32.5 Å². The molecule has 2 heterocycles. The lowest BCUT2D eigenvalue weighted by molar-refractivity contribution is 0.112. The topological polar surface area (TPSA) is 33.2 Å². The molecule has 1 saturated heterocycles. The fourth-order valence-corrected chi connectivity index (χ4v) is 2.25. The Labute approximate surface area is 94.3 Å². The SMILES string of the molecule is CN1CCCC[C@@H]1c1cc(C=O)cnc1F. The number of rotatable bonds is 2. The van der Waals surface area contributed by atoms with Crippen LogP contribution < -0.4 is 0 Å². The van der Waals surface area contributed by atoms with Crippen molar-refractivity contribution in [2.24, 2.45) is 0 Å². The van der Waals surface area contributed by atoms with Gasteiger partial charge in [0.1, 0.15) is 0 Å². The maximum absolute atomic E-state index is 13.6. The first-order chi connectivity index (χ1) is 7.72. The zero-order chi connectivity index (χ0) is 11.5. The minimum atomic E-state index is -0.454. The molecule has 0 bridgehead atoms. The third kappa shape index (κ3) is 2.11. The Bertz CT molecular complexity index is 395. The number of halogens is 1. The van der Waals surface area contributed by atoms with E-state index in [0.29, 0.717) is 17.4 Å². The summed E-state index contributed by atoms with van der Waals surface area (Å²) in [4.78, 5) is 16.4. The number of hydrogen-bond donors (Lipinski definition) is 0. The fourth-order valence-electron chi connectivity index (χ4n) is 2.25. The van der Waals surface area contributed by atoms with Crippen molar-refractivity contribution in [3.05, 3.63) is 29.3 Å². The minimum absolute atomic E-state index is 0.0566. The third-order valence-electron chi connectivity index (χ3n) is 3.15. The summed E-state index contributed by atoms with van der Waals surface area (Å²) >= 11 is 0. The van der Waals surface area contributed by atoms with E-state index in [1.807, 2.05) is 7.05 Å². The summed E-state index contributed by atoms with van der Waals surface area (Å²) in [5.74, 6) is -0.454. The van der Waals surface area contributed by atoms with Gasteiger partial charge in [-0.15, -0.1) is 0 Å². The summed E-state index contributed by atoms with van der Waals surface area (Å²) in [6.07, 6.45) is 5.15. The standard InChI is InChI=1S/C12H15FN2O/c1-15-5-3-2-4-11(15)10-6-9(8-16)7-14-12(10)13/h6-8,11H,2-5H2,1H3/t11-/m1/s1. The smallest absolute Gasteiger partial charge is 0.217 e. The van der Waals surface area contributed by atoms with E-state index >= 15 is 0 Å². The third-order valence-corrected chi connectivity index (χ3v) is 3.15. The Morgan fingerprint density at radius 2 is 2.38 bits per heavy atom. The van der Waals surface area contributed by atoms with Gasteiger partial charge in [-0.1, -0.05) is 6.42 Å². The highest BCUT2D eigenvalue weighted by Crippen LogP contribution is 2.30. The average molecular weight is 222 g/mol. The molecule has 1 aromatic heterocycles. The summed E-state index contributed by atoms with van der Waals surface area (Å²) in [6.45, 7) is 0.968. The van der Waals surface area contributed by atoms with E-state index < -0.39 is 5.95 Å². The summed E-state index contributed by atoms with van der Waals surface area (Å²) in [5.41, 5.74) is 0.988. The fraction of sp³-hybridized carbons (Fsp3) is 0.500. The highest BCUT2D eigenvalue weighted by molar-refractivity contribution is 5.74. The average Bonchev–Trinajstić information content (AvgIpc) is 2.31. The zero-order valence-electron chi connectivity index (χ0n) is 9.32. The number of carbonyl (C=O) groups is 1. The van der Waals surface area contributed by atoms with Crippen molar-refractivity contribution in [3.63, 3.8) is 0 Å². The van der Waals surface area contributed by atoms with Crippen molar-refractivity contribution in [2.75, 3.05) is 13.6 Å². The summed E-state index contributed by atoms with van der Waals surface area (Å²) < 4.78 is 13.6. The van der Waals surface area contributed by atoms with E-state index in [-0.39, 0.29) is 6.04 Å². The molecule has 0 saturated carbocycles. The van der Waals surface area contributed by atoms with Gasteiger partial charge in [-0.2, -0.15) is 4.39 Å². The molecule has 4 heteroatoms. The first kappa shape index (κ1) is 11.2. The van der Waals surface area contributed by atoms with E-state index in [4.69, 9.17) is 0 Å². The maximum Gasteiger partial charge on any atom is 0.217 e. The van der Waals surface area contributed by atoms with Gasteiger partial charge in [0, 0.05) is 23.4 Å². The van der Waals surface area contributed by atoms with Crippen LogP contribution in [0.15, 0.2) is 12.3 Å². The minimum Gasteiger partial charge on any atom is -0.299 e. The van der Waals surface area contributed by atoms with Crippen LogP contribution in [0.1, 0.15) is 41.2 Å². The first-order valence-corrected chi connectivity index (χ1v) is 5.53. The van der Waals surface area contributed by atoms with Crippen molar-refractivity contribution in [1.29, 1.82) is 0 Å². The first-order valence-electron chi connectivity index (χ1n) is 5.53. The summed E-state index contributed by atoms with van der Waals surface area (Å²) in [6, 6.07) is 1.67. The van der Waals surface area contributed by atoms with E-state index in [0.717, 1.165) is 25.8 Å². The molecule has 2 rings (SSSR count). The molecule has 1 atom stereocenters. The number of carbonyl (C=O) groups excluding carboxylic acids is 1. The molecule has 0 spiro atoms. The highest BCUT2D eigenvalue weighted by atomic mass is 19.1. The van der Waals surface area contributed by atoms with Crippen LogP contribution in [0.25, 0.3) is 0 Å². The molecule has 0 unspecified atom stereocenters. The molecule has 16 heavy (non-hydrogen) atoms. The van der Waals surface area contributed by atoms with Crippen LogP contribution in [-0.2, 0) is 0 Å². The highest BCUT2D eigenvalue weighted by Gasteiger charge is 2.24. The number of aldehydes is 1. The summed E-state index contributed by atoms with van der Waals surface area (Å²) in [7, 11) is 1.98. The number of hydrogen-bond acceptors (Lipinski definition) is 3. The lowest BCUT2D eigenvalue weighted by Crippen LogP contribution is -2.30. The second-order valence-electron chi connectivity index (χ2n) is 4.26. The second kappa shape index (κ2) is 4.70. The Balaban J connectivity index is 2.33. The molecule has 3 nitrogen and oxygen atoms in total. The van der Waals surface area contributed by atoms with Gasteiger partial charge in [0.15, 0.2) is 6.29 Å².